The SMILES string of the molecule is C#C.CC(O)C(F)(F)F.CC1CN(C=O)CCC1N(C)C(=O)c1ccc(Cl)cc1F. The Bertz CT molecular complexity index is 726. The number of hydrogen-bond acceptors (Lipinski definition) is 3. The van der Waals surface area contributed by atoms with Crippen molar-refractivity contribution in [1.82, 2.24) is 9.80 Å². The molecule has 0 bridgehead atoms. The number of halogens is 5. The van der Waals surface area contributed by atoms with Gasteiger partial charge < -0.3 is 14.9 Å². The molecular formula is C20H25ClF4N2O3. The molecule has 1 aliphatic rings. The molecule has 3 unspecified atom stereocenters. The minimum atomic E-state index is -4.44. The number of aliphatic hydroxyl groups excluding tert-OH is 1. The Morgan fingerprint density at radius 3 is 2.33 bits per heavy atom. The summed E-state index contributed by atoms with van der Waals surface area (Å²) in [6.45, 7) is 3.89. The number of carbonyl (C=O) groups is 2. The van der Waals surface area contributed by atoms with Crippen LogP contribution in [0.4, 0.5) is 17.6 Å². The van der Waals surface area contributed by atoms with Crippen molar-refractivity contribution >= 4 is 23.9 Å². The molecule has 168 valence electrons. The molecule has 10 heteroatoms. The number of alkyl halides is 3. The maximum atomic E-state index is 13.9. The number of rotatable bonds is 3. The Morgan fingerprint density at radius 2 is 1.93 bits per heavy atom. The second-order valence-corrected chi connectivity index (χ2v) is 7.13. The van der Waals surface area contributed by atoms with Gasteiger partial charge in [-0.05, 0) is 37.5 Å². The van der Waals surface area contributed by atoms with Gasteiger partial charge in [-0.1, -0.05) is 18.5 Å². The van der Waals surface area contributed by atoms with Gasteiger partial charge in [-0.2, -0.15) is 13.2 Å². The normalized spacial score (nSPS) is 19.4. The number of piperidine rings is 1. The summed E-state index contributed by atoms with van der Waals surface area (Å²) in [7, 11) is 1.67. The average Bonchev–Trinajstić information content (AvgIpc) is 2.68. The van der Waals surface area contributed by atoms with Crippen molar-refractivity contribution < 1.29 is 32.3 Å². The molecule has 1 N–H and O–H groups in total. The number of nitrogens with zero attached hydrogens (tertiary/aromatic N) is 2. The van der Waals surface area contributed by atoms with Crippen LogP contribution in [0.25, 0.3) is 0 Å². The third kappa shape index (κ3) is 8.20. The number of likely N-dealkylation sites (tertiary alicyclic amines) is 1. The second-order valence-electron chi connectivity index (χ2n) is 6.69. The first-order chi connectivity index (χ1) is 13.9. The Hall–Kier alpha value is -2.31. The van der Waals surface area contributed by atoms with E-state index in [2.05, 4.69) is 12.8 Å². The zero-order valence-corrected chi connectivity index (χ0v) is 17.6. The van der Waals surface area contributed by atoms with Gasteiger partial charge in [0.25, 0.3) is 5.91 Å². The van der Waals surface area contributed by atoms with Crippen LogP contribution in [0.2, 0.25) is 5.02 Å². The van der Waals surface area contributed by atoms with Gasteiger partial charge in [-0.15, -0.1) is 12.8 Å². The molecule has 1 aromatic rings. The third-order valence-corrected chi connectivity index (χ3v) is 4.73. The zero-order chi connectivity index (χ0) is 23.6. The molecule has 2 rings (SSSR count). The maximum absolute atomic E-state index is 13.9. The minimum Gasteiger partial charge on any atom is -0.384 e. The molecule has 1 aliphatic heterocycles. The van der Waals surface area contributed by atoms with E-state index in [1.807, 2.05) is 6.92 Å². The fourth-order valence-corrected chi connectivity index (χ4v) is 3.00. The number of hydrogen-bond donors (Lipinski definition) is 1. The van der Waals surface area contributed by atoms with E-state index in [1.54, 1.807) is 16.8 Å². The molecule has 1 aromatic carbocycles. The van der Waals surface area contributed by atoms with Crippen LogP contribution < -0.4 is 0 Å². The summed E-state index contributed by atoms with van der Waals surface area (Å²) < 4.78 is 46.6. The van der Waals surface area contributed by atoms with Crippen molar-refractivity contribution in [3.63, 3.8) is 0 Å². The van der Waals surface area contributed by atoms with E-state index in [4.69, 9.17) is 16.7 Å². The number of aliphatic hydroxyl groups is 1. The molecule has 0 aromatic heterocycles. The fourth-order valence-electron chi connectivity index (χ4n) is 2.84. The largest absolute Gasteiger partial charge is 0.414 e. The molecule has 0 saturated carbocycles. The van der Waals surface area contributed by atoms with Crippen molar-refractivity contribution in [2.24, 2.45) is 5.92 Å². The highest BCUT2D eigenvalue weighted by Crippen LogP contribution is 2.23. The summed E-state index contributed by atoms with van der Waals surface area (Å²) in [5.74, 6) is -0.828. The Labute approximate surface area is 178 Å². The molecular weight excluding hydrogens is 428 g/mol. The van der Waals surface area contributed by atoms with Gasteiger partial charge in [0.05, 0.1) is 5.56 Å². The molecule has 0 radical (unpaired) electrons. The quantitative estimate of drug-likeness (QED) is 0.433. The van der Waals surface area contributed by atoms with Crippen LogP contribution in [0.3, 0.4) is 0 Å². The van der Waals surface area contributed by atoms with E-state index >= 15 is 0 Å². The molecule has 1 saturated heterocycles. The summed E-state index contributed by atoms with van der Waals surface area (Å²) in [4.78, 5) is 26.5. The first-order valence-electron chi connectivity index (χ1n) is 8.88. The van der Waals surface area contributed by atoms with Gasteiger partial charge >= 0.3 is 6.18 Å². The lowest BCUT2D eigenvalue weighted by Gasteiger charge is -2.40. The van der Waals surface area contributed by atoms with Crippen LogP contribution in [0.5, 0.6) is 0 Å². The smallest absolute Gasteiger partial charge is 0.384 e. The van der Waals surface area contributed by atoms with Crippen molar-refractivity contribution in [3.05, 3.63) is 34.6 Å². The van der Waals surface area contributed by atoms with Crippen LogP contribution >= 0.6 is 11.6 Å². The zero-order valence-electron chi connectivity index (χ0n) is 16.9. The second kappa shape index (κ2) is 12.4. The molecule has 30 heavy (non-hydrogen) atoms. The van der Waals surface area contributed by atoms with Gasteiger partial charge in [-0.3, -0.25) is 9.59 Å². The van der Waals surface area contributed by atoms with Crippen molar-refractivity contribution in [2.45, 2.75) is 38.6 Å². The summed E-state index contributed by atoms with van der Waals surface area (Å²) in [6.07, 6.45) is 2.87. The Balaban J connectivity index is 0.000000795. The lowest BCUT2D eigenvalue weighted by molar-refractivity contribution is -0.197. The molecule has 2 amide bonds. The monoisotopic (exact) mass is 452 g/mol. The standard InChI is InChI=1S/C15H18ClFN2O2.C3H5F3O.C2H2/c1-10-8-19(9-20)6-5-14(10)18(2)15(21)12-4-3-11(16)7-13(12)17;1-2(7)3(4,5)6;1-2/h3-4,7,9-10,14H,5-6,8H2,1-2H3;2,7H,1H3;1-2H. The van der Waals surface area contributed by atoms with Gasteiger partial charge in [0.15, 0.2) is 0 Å². The molecule has 5 nitrogen and oxygen atoms in total. The number of terminal acetylenes is 1. The maximum Gasteiger partial charge on any atom is 0.414 e. The van der Waals surface area contributed by atoms with Crippen LogP contribution in [0, 0.1) is 24.6 Å². The lowest BCUT2D eigenvalue weighted by atomic mass is 9.92. The topological polar surface area (TPSA) is 60.9 Å². The highest BCUT2D eigenvalue weighted by molar-refractivity contribution is 6.30. The van der Waals surface area contributed by atoms with E-state index in [1.165, 1.54) is 12.1 Å². The van der Waals surface area contributed by atoms with E-state index in [-0.39, 0.29) is 28.5 Å². The first-order valence-corrected chi connectivity index (χ1v) is 9.26. The lowest BCUT2D eigenvalue weighted by Crippen LogP contribution is -2.50. The fraction of sp³-hybridized carbons (Fsp3) is 0.500. The summed E-state index contributed by atoms with van der Waals surface area (Å²) >= 11 is 5.70. The van der Waals surface area contributed by atoms with Gasteiger partial charge in [0.2, 0.25) is 6.41 Å². The molecule has 0 aliphatic carbocycles. The summed E-state index contributed by atoms with van der Waals surface area (Å²) in [5, 5.41) is 8.03. The minimum absolute atomic E-state index is 0.0104. The highest BCUT2D eigenvalue weighted by atomic mass is 35.5. The Morgan fingerprint density at radius 1 is 1.40 bits per heavy atom. The molecule has 1 heterocycles. The predicted octanol–water partition coefficient (Wildman–Crippen LogP) is 3.60. The molecule has 0 spiro atoms. The highest BCUT2D eigenvalue weighted by Gasteiger charge is 2.34. The van der Waals surface area contributed by atoms with E-state index in [0.29, 0.717) is 26.4 Å². The van der Waals surface area contributed by atoms with E-state index in [9.17, 15) is 27.2 Å². The summed E-state index contributed by atoms with van der Waals surface area (Å²) in [6, 6.07) is 4.04. The van der Waals surface area contributed by atoms with Crippen LogP contribution in [-0.2, 0) is 4.79 Å². The van der Waals surface area contributed by atoms with Crippen LogP contribution in [0.15, 0.2) is 18.2 Å². The average molecular weight is 453 g/mol. The molecule has 3 atom stereocenters. The molecule has 1 fully saturated rings. The van der Waals surface area contributed by atoms with Gasteiger partial charge in [0, 0.05) is 31.2 Å². The van der Waals surface area contributed by atoms with Crippen molar-refractivity contribution in [3.8, 4) is 12.8 Å². The van der Waals surface area contributed by atoms with E-state index < -0.39 is 18.1 Å². The van der Waals surface area contributed by atoms with Gasteiger partial charge in [0.1, 0.15) is 11.9 Å². The third-order valence-electron chi connectivity index (χ3n) is 4.49. The first kappa shape index (κ1) is 27.7. The Kier molecular flexibility index (Phi) is 11.4. The number of carbonyl (C=O) groups excluding carboxylic acids is 2. The summed E-state index contributed by atoms with van der Waals surface area (Å²) in [5.41, 5.74) is 0.0203. The van der Waals surface area contributed by atoms with Crippen LogP contribution in [0.1, 0.15) is 30.6 Å². The number of amides is 2. The van der Waals surface area contributed by atoms with Gasteiger partial charge in [-0.25, -0.2) is 4.39 Å². The predicted molar refractivity (Wildman–Crippen MR) is 106 cm³/mol. The van der Waals surface area contributed by atoms with Crippen LogP contribution in [-0.4, -0.2) is 65.7 Å². The number of benzene rings is 1. The van der Waals surface area contributed by atoms with E-state index in [0.717, 1.165) is 12.5 Å². The van der Waals surface area contributed by atoms with Crippen molar-refractivity contribution in [2.75, 3.05) is 20.1 Å². The van der Waals surface area contributed by atoms with Crippen molar-refractivity contribution in [1.29, 1.82) is 0 Å².